The molecule has 5 heteroatoms. The van der Waals surface area contributed by atoms with Crippen LogP contribution in [0, 0.1) is 0 Å². The van der Waals surface area contributed by atoms with Gasteiger partial charge in [-0.1, -0.05) is 42.9 Å². The van der Waals surface area contributed by atoms with Gasteiger partial charge in [-0.05, 0) is 6.42 Å². The van der Waals surface area contributed by atoms with Gasteiger partial charge in [0.25, 0.3) is 0 Å². The Balaban J connectivity index is 3.09. The van der Waals surface area contributed by atoms with Gasteiger partial charge in [-0.25, -0.2) is 4.18 Å². The fourth-order valence-corrected chi connectivity index (χ4v) is 1.36. The van der Waals surface area contributed by atoms with Crippen molar-refractivity contribution in [1.82, 2.24) is 0 Å². The van der Waals surface area contributed by atoms with Crippen LogP contribution in [0.4, 0.5) is 3.89 Å². The van der Waals surface area contributed by atoms with Crippen LogP contribution in [0.3, 0.4) is 0 Å². The smallest absolute Gasteiger partial charge is 0.245 e. The lowest BCUT2D eigenvalue weighted by Crippen LogP contribution is -1.99. The molecule has 80 valence electrons. The molecule has 0 amide bonds. The van der Waals surface area contributed by atoms with Gasteiger partial charge in [0.1, 0.15) is 0 Å². The van der Waals surface area contributed by atoms with Crippen LogP contribution in [0.2, 0.25) is 0 Å². The minimum atomic E-state index is -4.72. The first-order chi connectivity index (χ1) is 6.06. The fourth-order valence-electron chi connectivity index (χ4n) is 1.04. The molecule has 0 rings (SSSR count). The summed E-state index contributed by atoms with van der Waals surface area (Å²) in [6.45, 7) is 2.09. The van der Waals surface area contributed by atoms with E-state index in [0.717, 1.165) is 19.3 Å². The standard InChI is InChI=1S/C8H17FO3S/c1-2-3-4-5-6-7-8-12-13(9,10)11/h2-8H2,1H3. The van der Waals surface area contributed by atoms with E-state index in [4.69, 9.17) is 0 Å². The highest BCUT2D eigenvalue weighted by Crippen LogP contribution is 2.05. The van der Waals surface area contributed by atoms with E-state index in [9.17, 15) is 12.3 Å². The molecule has 0 unspecified atom stereocenters. The Morgan fingerprint density at radius 1 is 1.08 bits per heavy atom. The van der Waals surface area contributed by atoms with Crippen LogP contribution in [0.15, 0.2) is 0 Å². The molecule has 0 saturated heterocycles. The van der Waals surface area contributed by atoms with Gasteiger partial charge in [0.05, 0.1) is 6.61 Å². The predicted octanol–water partition coefficient (Wildman–Crippen LogP) is 2.58. The average Bonchev–Trinajstić information content (AvgIpc) is 2.01. The molecule has 0 fully saturated rings. The maximum Gasteiger partial charge on any atom is 0.437 e. The van der Waals surface area contributed by atoms with Gasteiger partial charge in [0.15, 0.2) is 0 Å². The summed E-state index contributed by atoms with van der Waals surface area (Å²) in [4.78, 5) is 0. The highest BCUT2D eigenvalue weighted by atomic mass is 32.3. The predicted molar refractivity (Wildman–Crippen MR) is 49.4 cm³/mol. The quantitative estimate of drug-likeness (QED) is 0.459. The van der Waals surface area contributed by atoms with Gasteiger partial charge >= 0.3 is 10.5 Å². The number of rotatable bonds is 8. The van der Waals surface area contributed by atoms with Crippen LogP contribution < -0.4 is 0 Å². The van der Waals surface area contributed by atoms with E-state index in [2.05, 4.69) is 11.1 Å². The summed E-state index contributed by atoms with van der Waals surface area (Å²) in [6, 6.07) is 0. The van der Waals surface area contributed by atoms with Gasteiger partial charge in [-0.3, -0.25) is 0 Å². The summed E-state index contributed by atoms with van der Waals surface area (Å²) >= 11 is 0. The molecule has 13 heavy (non-hydrogen) atoms. The van der Waals surface area contributed by atoms with Crippen molar-refractivity contribution in [1.29, 1.82) is 0 Å². The first-order valence-corrected chi connectivity index (χ1v) is 5.96. The molecule has 3 nitrogen and oxygen atoms in total. The lowest BCUT2D eigenvalue weighted by atomic mass is 10.1. The van der Waals surface area contributed by atoms with Crippen LogP contribution in [0.5, 0.6) is 0 Å². The lowest BCUT2D eigenvalue weighted by Gasteiger charge is -1.99. The fraction of sp³-hybridized carbons (Fsp3) is 1.00. The molecule has 0 heterocycles. The van der Waals surface area contributed by atoms with Crippen LogP contribution >= 0.6 is 0 Å². The molecule has 0 aliphatic rings. The van der Waals surface area contributed by atoms with Crippen molar-refractivity contribution in [3.05, 3.63) is 0 Å². The van der Waals surface area contributed by atoms with Crippen molar-refractivity contribution < 1.29 is 16.5 Å². The second-order valence-electron chi connectivity index (χ2n) is 2.98. The van der Waals surface area contributed by atoms with Crippen molar-refractivity contribution in [2.75, 3.05) is 6.61 Å². The minimum absolute atomic E-state index is 0.0367. The number of unbranched alkanes of at least 4 members (excludes halogenated alkanes) is 5. The average molecular weight is 212 g/mol. The van der Waals surface area contributed by atoms with E-state index < -0.39 is 10.5 Å². The molecule has 0 radical (unpaired) electrons. The molecular weight excluding hydrogens is 195 g/mol. The molecule has 0 aromatic rings. The van der Waals surface area contributed by atoms with Gasteiger partial charge in [0, 0.05) is 0 Å². The van der Waals surface area contributed by atoms with E-state index in [-0.39, 0.29) is 6.61 Å². The van der Waals surface area contributed by atoms with Gasteiger partial charge in [-0.15, -0.1) is 0 Å². The Bertz CT molecular complexity index is 201. The largest absolute Gasteiger partial charge is 0.437 e. The SMILES string of the molecule is CCCCCCCCOS(=O)(=O)F. The molecule has 0 saturated carbocycles. The first kappa shape index (κ1) is 12.8. The molecule has 0 aliphatic carbocycles. The number of halogens is 1. The Hall–Kier alpha value is -0.160. The van der Waals surface area contributed by atoms with Gasteiger partial charge < -0.3 is 0 Å². The third kappa shape index (κ3) is 11.8. The van der Waals surface area contributed by atoms with Gasteiger partial charge in [0.2, 0.25) is 0 Å². The summed E-state index contributed by atoms with van der Waals surface area (Å²) in [7, 11) is -4.72. The highest BCUT2D eigenvalue weighted by Gasteiger charge is 2.05. The monoisotopic (exact) mass is 212 g/mol. The Labute approximate surface area is 79.7 Å². The maximum absolute atomic E-state index is 11.8. The van der Waals surface area contributed by atoms with Crippen molar-refractivity contribution in [3.63, 3.8) is 0 Å². The molecule has 0 aromatic carbocycles. The van der Waals surface area contributed by atoms with E-state index in [1.54, 1.807) is 0 Å². The summed E-state index contributed by atoms with van der Waals surface area (Å²) < 4.78 is 35.5. The molecular formula is C8H17FO3S. The van der Waals surface area contributed by atoms with Crippen LogP contribution in [-0.2, 0) is 14.7 Å². The van der Waals surface area contributed by atoms with Crippen LogP contribution in [0.25, 0.3) is 0 Å². The second-order valence-corrected chi connectivity index (χ2v) is 4.00. The highest BCUT2D eigenvalue weighted by molar-refractivity contribution is 7.81. The summed E-state index contributed by atoms with van der Waals surface area (Å²) in [6.07, 6.45) is 6.09. The van der Waals surface area contributed by atoms with E-state index >= 15 is 0 Å². The third-order valence-corrected chi connectivity index (χ3v) is 2.17. The zero-order valence-electron chi connectivity index (χ0n) is 7.96. The summed E-state index contributed by atoms with van der Waals surface area (Å²) in [5.74, 6) is 0. The molecule has 0 bridgehead atoms. The van der Waals surface area contributed by atoms with Crippen LogP contribution in [-0.4, -0.2) is 15.0 Å². The Morgan fingerprint density at radius 3 is 2.15 bits per heavy atom. The summed E-state index contributed by atoms with van der Waals surface area (Å²) in [5, 5.41) is 0. The van der Waals surface area contributed by atoms with Gasteiger partial charge in [-0.2, -0.15) is 8.42 Å². The lowest BCUT2D eigenvalue weighted by molar-refractivity contribution is 0.284. The molecule has 0 atom stereocenters. The minimum Gasteiger partial charge on any atom is -0.245 e. The van der Waals surface area contributed by atoms with E-state index in [1.165, 1.54) is 12.8 Å². The van der Waals surface area contributed by atoms with Crippen molar-refractivity contribution in [2.24, 2.45) is 0 Å². The molecule has 0 N–H and O–H groups in total. The van der Waals surface area contributed by atoms with E-state index in [1.807, 2.05) is 0 Å². The van der Waals surface area contributed by atoms with Crippen molar-refractivity contribution in [2.45, 2.75) is 45.4 Å². The summed E-state index contributed by atoms with van der Waals surface area (Å²) in [5.41, 5.74) is 0. The topological polar surface area (TPSA) is 43.4 Å². The second kappa shape index (κ2) is 7.26. The van der Waals surface area contributed by atoms with Crippen LogP contribution in [0.1, 0.15) is 45.4 Å². The first-order valence-electron chi connectivity index (χ1n) is 4.65. The molecule has 0 aliphatic heterocycles. The van der Waals surface area contributed by atoms with Crippen molar-refractivity contribution >= 4 is 10.5 Å². The maximum atomic E-state index is 11.8. The molecule has 0 aromatic heterocycles. The molecule has 0 spiro atoms. The normalized spacial score (nSPS) is 11.8. The number of hydrogen-bond donors (Lipinski definition) is 0. The Kier molecular flexibility index (Phi) is 7.17. The number of hydrogen-bond acceptors (Lipinski definition) is 3. The van der Waals surface area contributed by atoms with E-state index in [0.29, 0.717) is 6.42 Å². The third-order valence-electron chi connectivity index (χ3n) is 1.72. The Morgan fingerprint density at radius 2 is 1.62 bits per heavy atom. The zero-order chi connectivity index (χ0) is 10.2. The zero-order valence-corrected chi connectivity index (χ0v) is 8.78. The van der Waals surface area contributed by atoms with Crippen molar-refractivity contribution in [3.8, 4) is 0 Å².